The van der Waals surface area contributed by atoms with Crippen molar-refractivity contribution in [1.29, 1.82) is 0 Å². The molecule has 0 saturated heterocycles. The second kappa shape index (κ2) is 5.87. The summed E-state index contributed by atoms with van der Waals surface area (Å²) in [4.78, 5) is 0.0833. The molecule has 0 saturated carbocycles. The Balaban J connectivity index is 2.35. The molecule has 2 aromatic carbocycles. The first-order valence-corrected chi connectivity index (χ1v) is 8.87. The van der Waals surface area contributed by atoms with Crippen molar-refractivity contribution in [3.63, 3.8) is 0 Å². The highest BCUT2D eigenvalue weighted by atomic mass is 35.7. The lowest BCUT2D eigenvalue weighted by atomic mass is 10.1. The highest BCUT2D eigenvalue weighted by Crippen LogP contribution is 2.31. The van der Waals surface area contributed by atoms with Gasteiger partial charge in [0.05, 0.1) is 4.90 Å². The van der Waals surface area contributed by atoms with E-state index in [1.54, 1.807) is 19.1 Å². The van der Waals surface area contributed by atoms with Crippen molar-refractivity contribution in [3.05, 3.63) is 52.0 Å². The van der Waals surface area contributed by atoms with Crippen LogP contribution in [0.2, 0.25) is 5.02 Å². The lowest BCUT2D eigenvalue weighted by Gasteiger charge is -2.11. The third-order valence-electron chi connectivity index (χ3n) is 3.05. The van der Waals surface area contributed by atoms with Crippen LogP contribution in [0, 0.1) is 20.8 Å². The number of ether oxygens (including phenoxy) is 1. The summed E-state index contributed by atoms with van der Waals surface area (Å²) in [6.07, 6.45) is 0. The number of aryl methyl sites for hydroxylation is 3. The zero-order valence-corrected chi connectivity index (χ0v) is 14.1. The molecule has 0 aromatic heterocycles. The second-order valence-electron chi connectivity index (χ2n) is 4.84. The van der Waals surface area contributed by atoms with E-state index in [9.17, 15) is 8.42 Å². The second-order valence-corrected chi connectivity index (χ2v) is 7.75. The van der Waals surface area contributed by atoms with Gasteiger partial charge in [-0.05, 0) is 67.8 Å². The van der Waals surface area contributed by atoms with Crippen molar-refractivity contribution >= 4 is 31.3 Å². The average molecular weight is 345 g/mol. The molecule has 0 amide bonds. The third kappa shape index (κ3) is 3.70. The average Bonchev–Trinajstić information content (AvgIpc) is 2.34. The molecular formula is C15H14Cl2O3S. The van der Waals surface area contributed by atoms with E-state index in [1.165, 1.54) is 6.07 Å². The molecule has 6 heteroatoms. The standard InChI is InChI=1S/C15H14Cl2O3S/c1-9-6-12(4-5-14(9)21(17,18)19)20-13-7-10(2)15(16)11(3)8-13/h4-8H,1-3H3. The van der Waals surface area contributed by atoms with E-state index in [4.69, 9.17) is 27.0 Å². The highest BCUT2D eigenvalue weighted by Gasteiger charge is 2.14. The molecule has 0 bridgehead atoms. The summed E-state index contributed by atoms with van der Waals surface area (Å²) < 4.78 is 28.5. The summed E-state index contributed by atoms with van der Waals surface area (Å²) in [5, 5.41) is 0.710. The molecule has 0 aliphatic rings. The van der Waals surface area contributed by atoms with Crippen molar-refractivity contribution in [2.24, 2.45) is 0 Å². The molecule has 0 N–H and O–H groups in total. The van der Waals surface area contributed by atoms with Crippen LogP contribution in [0.15, 0.2) is 35.2 Å². The molecule has 0 unspecified atom stereocenters. The fourth-order valence-electron chi connectivity index (χ4n) is 2.06. The Bertz CT molecular complexity index is 776. The Morgan fingerprint density at radius 2 is 1.43 bits per heavy atom. The molecule has 0 heterocycles. The summed E-state index contributed by atoms with van der Waals surface area (Å²) in [5.74, 6) is 1.19. The third-order valence-corrected chi connectivity index (χ3v) is 5.13. The van der Waals surface area contributed by atoms with Gasteiger partial charge in [-0.2, -0.15) is 0 Å². The lowest BCUT2D eigenvalue weighted by Crippen LogP contribution is -1.95. The molecule has 0 radical (unpaired) electrons. The first-order valence-electron chi connectivity index (χ1n) is 6.18. The summed E-state index contributed by atoms with van der Waals surface area (Å²) in [7, 11) is 1.61. The molecule has 0 fully saturated rings. The molecule has 3 nitrogen and oxygen atoms in total. The zero-order chi connectivity index (χ0) is 15.8. The van der Waals surface area contributed by atoms with Gasteiger partial charge in [-0.15, -0.1) is 0 Å². The van der Waals surface area contributed by atoms with Gasteiger partial charge < -0.3 is 4.74 Å². The van der Waals surface area contributed by atoms with Gasteiger partial charge in [-0.25, -0.2) is 8.42 Å². The molecule has 0 spiro atoms. The summed E-state index contributed by atoms with van der Waals surface area (Å²) in [5.41, 5.74) is 2.37. The number of hydrogen-bond donors (Lipinski definition) is 0. The van der Waals surface area contributed by atoms with Crippen LogP contribution in [0.5, 0.6) is 11.5 Å². The van der Waals surface area contributed by atoms with Gasteiger partial charge in [0, 0.05) is 15.7 Å². The van der Waals surface area contributed by atoms with E-state index in [-0.39, 0.29) is 4.90 Å². The highest BCUT2D eigenvalue weighted by molar-refractivity contribution is 8.13. The smallest absolute Gasteiger partial charge is 0.261 e. The zero-order valence-electron chi connectivity index (χ0n) is 11.8. The number of halogens is 2. The van der Waals surface area contributed by atoms with Crippen molar-refractivity contribution in [2.75, 3.05) is 0 Å². The summed E-state index contributed by atoms with van der Waals surface area (Å²) in [6, 6.07) is 8.30. The van der Waals surface area contributed by atoms with Crippen LogP contribution < -0.4 is 4.74 Å². The van der Waals surface area contributed by atoms with Gasteiger partial charge in [0.2, 0.25) is 0 Å². The van der Waals surface area contributed by atoms with Gasteiger partial charge in [-0.3, -0.25) is 0 Å². The SMILES string of the molecule is Cc1cc(Oc2cc(C)c(Cl)c(C)c2)ccc1S(=O)(=O)Cl. The molecule has 112 valence electrons. The molecule has 21 heavy (non-hydrogen) atoms. The Morgan fingerprint density at radius 1 is 0.905 bits per heavy atom. The quantitative estimate of drug-likeness (QED) is 0.737. The van der Waals surface area contributed by atoms with Crippen LogP contribution in [0.1, 0.15) is 16.7 Å². The van der Waals surface area contributed by atoms with Crippen molar-refractivity contribution in [3.8, 4) is 11.5 Å². The maximum atomic E-state index is 11.4. The summed E-state index contributed by atoms with van der Waals surface area (Å²) >= 11 is 6.11. The van der Waals surface area contributed by atoms with E-state index in [0.717, 1.165) is 11.1 Å². The Morgan fingerprint density at radius 3 is 1.90 bits per heavy atom. The fourth-order valence-corrected chi connectivity index (χ4v) is 3.36. The largest absolute Gasteiger partial charge is 0.457 e. The first kappa shape index (κ1) is 16.1. The van der Waals surface area contributed by atoms with E-state index in [2.05, 4.69) is 0 Å². The van der Waals surface area contributed by atoms with Crippen molar-refractivity contribution in [1.82, 2.24) is 0 Å². The van der Waals surface area contributed by atoms with Crippen molar-refractivity contribution in [2.45, 2.75) is 25.7 Å². The lowest BCUT2D eigenvalue weighted by molar-refractivity contribution is 0.481. The van der Waals surface area contributed by atoms with Crippen LogP contribution >= 0.6 is 22.3 Å². The summed E-state index contributed by atoms with van der Waals surface area (Å²) in [6.45, 7) is 5.47. The minimum absolute atomic E-state index is 0.0833. The monoisotopic (exact) mass is 344 g/mol. The van der Waals surface area contributed by atoms with E-state index >= 15 is 0 Å². The minimum atomic E-state index is -3.74. The normalized spacial score (nSPS) is 11.5. The molecule has 2 aromatic rings. The van der Waals surface area contributed by atoms with Crippen LogP contribution in [-0.2, 0) is 9.05 Å². The van der Waals surface area contributed by atoms with Gasteiger partial charge in [0.1, 0.15) is 11.5 Å². The molecule has 2 rings (SSSR count). The van der Waals surface area contributed by atoms with E-state index in [0.29, 0.717) is 22.1 Å². The van der Waals surface area contributed by atoms with Crippen LogP contribution in [0.25, 0.3) is 0 Å². The van der Waals surface area contributed by atoms with E-state index in [1.807, 2.05) is 26.0 Å². The number of benzene rings is 2. The van der Waals surface area contributed by atoms with Crippen LogP contribution in [0.4, 0.5) is 0 Å². The van der Waals surface area contributed by atoms with Gasteiger partial charge in [0.15, 0.2) is 0 Å². The number of hydrogen-bond acceptors (Lipinski definition) is 3. The predicted octanol–water partition coefficient (Wildman–Crippen LogP) is 4.99. The van der Waals surface area contributed by atoms with E-state index < -0.39 is 9.05 Å². The van der Waals surface area contributed by atoms with Crippen LogP contribution in [-0.4, -0.2) is 8.42 Å². The molecule has 0 aliphatic carbocycles. The maximum Gasteiger partial charge on any atom is 0.261 e. The first-order chi connectivity index (χ1) is 9.68. The predicted molar refractivity (Wildman–Crippen MR) is 85.2 cm³/mol. The van der Waals surface area contributed by atoms with Crippen molar-refractivity contribution < 1.29 is 13.2 Å². The molecule has 0 atom stereocenters. The molecule has 0 aliphatic heterocycles. The minimum Gasteiger partial charge on any atom is -0.457 e. The Labute approximate surface area is 133 Å². The maximum absolute atomic E-state index is 11.4. The topological polar surface area (TPSA) is 43.4 Å². The van der Waals surface area contributed by atoms with Gasteiger partial charge in [-0.1, -0.05) is 11.6 Å². The fraction of sp³-hybridized carbons (Fsp3) is 0.200. The Hall–Kier alpha value is -1.23. The van der Waals surface area contributed by atoms with Gasteiger partial charge in [0.25, 0.3) is 9.05 Å². The van der Waals surface area contributed by atoms with Crippen LogP contribution in [0.3, 0.4) is 0 Å². The number of rotatable bonds is 3. The van der Waals surface area contributed by atoms with Gasteiger partial charge >= 0.3 is 0 Å². The molecular weight excluding hydrogens is 331 g/mol. The Kier molecular flexibility index (Phi) is 4.51.